The van der Waals surface area contributed by atoms with E-state index in [0.717, 1.165) is 12.1 Å². The fourth-order valence-corrected chi connectivity index (χ4v) is 1.71. The van der Waals surface area contributed by atoms with Crippen LogP contribution >= 0.6 is 0 Å². The van der Waals surface area contributed by atoms with Crippen molar-refractivity contribution in [3.63, 3.8) is 0 Å². The number of nitrogens with zero attached hydrogens (tertiary/aromatic N) is 2. The quantitative estimate of drug-likeness (QED) is 0.748. The summed E-state index contributed by atoms with van der Waals surface area (Å²) >= 11 is 0. The van der Waals surface area contributed by atoms with Crippen LogP contribution in [0.1, 0.15) is 6.42 Å². The molecule has 0 unspecified atom stereocenters. The van der Waals surface area contributed by atoms with Gasteiger partial charge in [-0.05, 0) is 18.2 Å². The number of hydrogen-bond acceptors (Lipinski definition) is 6. The fraction of sp³-hybridized carbons (Fsp3) is 0.200. The number of halogens is 2. The summed E-state index contributed by atoms with van der Waals surface area (Å²) in [6.07, 6.45) is 3.10. The molecule has 1 amide bonds. The lowest BCUT2D eigenvalue weighted by Gasteiger charge is -2.07. The maximum atomic E-state index is 13.0. The van der Waals surface area contributed by atoms with Crippen LogP contribution in [0.2, 0.25) is 0 Å². The third-order valence-electron chi connectivity index (χ3n) is 2.69. The van der Waals surface area contributed by atoms with Gasteiger partial charge in [-0.15, -0.1) is 0 Å². The first-order chi connectivity index (χ1) is 11.5. The third-order valence-corrected chi connectivity index (χ3v) is 2.69. The topological polar surface area (TPSA) is 93.2 Å². The van der Waals surface area contributed by atoms with Crippen molar-refractivity contribution in [3.8, 4) is 0 Å². The van der Waals surface area contributed by atoms with Gasteiger partial charge >= 0.3 is 5.97 Å². The van der Waals surface area contributed by atoms with Crippen molar-refractivity contribution in [1.82, 2.24) is 9.97 Å². The number of nitrogens with one attached hydrogen (secondary N) is 2. The standard InChI is InChI=1S/C15H14F2N4O3/c16-10-6-11(17)8-12(7-10)21-13(22)9-24-14(23)2-5-20-15-18-3-1-4-19-15/h1,3-4,6-8H,2,5,9H2,(H,21,22)(H,18,19,20). The van der Waals surface area contributed by atoms with E-state index in [1.54, 1.807) is 18.5 Å². The van der Waals surface area contributed by atoms with Gasteiger partial charge < -0.3 is 15.4 Å². The van der Waals surface area contributed by atoms with Crippen molar-refractivity contribution < 1.29 is 23.1 Å². The number of ether oxygens (including phenoxy) is 1. The Morgan fingerprint density at radius 1 is 1.08 bits per heavy atom. The van der Waals surface area contributed by atoms with Gasteiger partial charge in [-0.1, -0.05) is 0 Å². The zero-order valence-corrected chi connectivity index (χ0v) is 12.5. The molecule has 2 N–H and O–H groups in total. The highest BCUT2D eigenvalue weighted by Gasteiger charge is 2.09. The van der Waals surface area contributed by atoms with Gasteiger partial charge in [-0.2, -0.15) is 0 Å². The first-order valence-corrected chi connectivity index (χ1v) is 6.95. The van der Waals surface area contributed by atoms with Gasteiger partial charge in [0.15, 0.2) is 6.61 Å². The fourth-order valence-electron chi connectivity index (χ4n) is 1.71. The smallest absolute Gasteiger partial charge is 0.308 e. The monoisotopic (exact) mass is 336 g/mol. The molecular formula is C15H14F2N4O3. The van der Waals surface area contributed by atoms with Crippen LogP contribution in [0.3, 0.4) is 0 Å². The number of carbonyl (C=O) groups is 2. The summed E-state index contributed by atoms with van der Waals surface area (Å²) in [7, 11) is 0. The summed E-state index contributed by atoms with van der Waals surface area (Å²) in [5.41, 5.74) is -0.0588. The Bertz CT molecular complexity index is 693. The average Bonchev–Trinajstić information content (AvgIpc) is 2.53. The maximum absolute atomic E-state index is 13.0. The lowest BCUT2D eigenvalue weighted by Crippen LogP contribution is -2.22. The molecule has 9 heteroatoms. The Hall–Kier alpha value is -3.10. The summed E-state index contributed by atoms with van der Waals surface area (Å²) in [5, 5.41) is 5.04. The van der Waals surface area contributed by atoms with Crippen molar-refractivity contribution in [3.05, 3.63) is 48.3 Å². The Labute approximate surface area is 136 Å². The second-order valence-electron chi connectivity index (χ2n) is 4.62. The molecule has 0 aliphatic rings. The Kier molecular flexibility index (Phi) is 6.12. The molecule has 0 aliphatic carbocycles. The first-order valence-electron chi connectivity index (χ1n) is 6.95. The molecule has 24 heavy (non-hydrogen) atoms. The number of carbonyl (C=O) groups excluding carboxylic acids is 2. The van der Waals surface area contributed by atoms with E-state index < -0.39 is 30.1 Å². The van der Waals surface area contributed by atoms with Gasteiger partial charge in [0.1, 0.15) is 11.6 Å². The molecule has 0 bridgehead atoms. The third kappa shape index (κ3) is 5.95. The highest BCUT2D eigenvalue weighted by molar-refractivity contribution is 5.92. The highest BCUT2D eigenvalue weighted by Crippen LogP contribution is 2.12. The minimum absolute atomic E-state index is 0.000127. The Balaban J connectivity index is 1.68. The molecule has 2 aromatic rings. The van der Waals surface area contributed by atoms with Crippen LogP contribution in [-0.4, -0.2) is 35.0 Å². The molecule has 2 rings (SSSR count). The van der Waals surface area contributed by atoms with Gasteiger partial charge in [-0.3, -0.25) is 9.59 Å². The molecule has 7 nitrogen and oxygen atoms in total. The van der Waals surface area contributed by atoms with Crippen LogP contribution in [-0.2, 0) is 14.3 Å². The number of esters is 1. The van der Waals surface area contributed by atoms with E-state index in [9.17, 15) is 18.4 Å². The molecule has 0 spiro atoms. The number of rotatable bonds is 7. The number of aromatic nitrogens is 2. The van der Waals surface area contributed by atoms with Crippen LogP contribution in [0.5, 0.6) is 0 Å². The van der Waals surface area contributed by atoms with E-state index >= 15 is 0 Å². The van der Waals surface area contributed by atoms with Crippen LogP contribution < -0.4 is 10.6 Å². The van der Waals surface area contributed by atoms with Crippen molar-refractivity contribution in [1.29, 1.82) is 0 Å². The summed E-state index contributed by atoms with van der Waals surface area (Å²) in [6, 6.07) is 4.24. The summed E-state index contributed by atoms with van der Waals surface area (Å²) < 4.78 is 30.7. The minimum atomic E-state index is -0.823. The summed E-state index contributed by atoms with van der Waals surface area (Å²) in [4.78, 5) is 30.9. The predicted molar refractivity (Wildman–Crippen MR) is 81.1 cm³/mol. The Morgan fingerprint density at radius 2 is 1.75 bits per heavy atom. The van der Waals surface area contributed by atoms with Gasteiger partial charge in [0.25, 0.3) is 5.91 Å². The zero-order valence-electron chi connectivity index (χ0n) is 12.5. The molecule has 0 aliphatic heterocycles. The molecule has 0 saturated carbocycles. The van der Waals surface area contributed by atoms with E-state index in [0.29, 0.717) is 12.0 Å². The second-order valence-corrected chi connectivity index (χ2v) is 4.62. The lowest BCUT2D eigenvalue weighted by molar-refractivity contribution is -0.147. The number of amides is 1. The normalized spacial score (nSPS) is 10.1. The SMILES string of the molecule is O=C(COC(=O)CCNc1ncccn1)Nc1cc(F)cc(F)c1. The first kappa shape index (κ1) is 17.3. The van der Waals surface area contributed by atoms with Gasteiger partial charge in [0.05, 0.1) is 6.42 Å². The number of anilines is 2. The van der Waals surface area contributed by atoms with Crippen LogP contribution in [0, 0.1) is 11.6 Å². The largest absolute Gasteiger partial charge is 0.456 e. The summed E-state index contributed by atoms with van der Waals surface area (Å²) in [6.45, 7) is -0.321. The van der Waals surface area contributed by atoms with Crippen LogP contribution in [0.4, 0.5) is 20.4 Å². The van der Waals surface area contributed by atoms with E-state index in [1.165, 1.54) is 0 Å². The molecule has 0 saturated heterocycles. The van der Waals surface area contributed by atoms with E-state index in [4.69, 9.17) is 4.74 Å². The lowest BCUT2D eigenvalue weighted by atomic mass is 10.3. The van der Waals surface area contributed by atoms with Crippen molar-refractivity contribution in [2.45, 2.75) is 6.42 Å². The van der Waals surface area contributed by atoms with E-state index in [-0.39, 0.29) is 18.7 Å². The second kappa shape index (κ2) is 8.51. The maximum Gasteiger partial charge on any atom is 0.308 e. The van der Waals surface area contributed by atoms with Crippen molar-refractivity contribution in [2.75, 3.05) is 23.8 Å². The predicted octanol–water partition coefficient (Wildman–Crippen LogP) is 1.74. The molecule has 0 atom stereocenters. The van der Waals surface area contributed by atoms with E-state index in [2.05, 4.69) is 20.6 Å². The highest BCUT2D eigenvalue weighted by atomic mass is 19.1. The van der Waals surface area contributed by atoms with E-state index in [1.807, 2.05) is 0 Å². The summed E-state index contributed by atoms with van der Waals surface area (Å²) in [5.74, 6) is -2.59. The molecule has 1 aromatic carbocycles. The number of hydrogen-bond donors (Lipinski definition) is 2. The number of benzene rings is 1. The van der Waals surface area contributed by atoms with Crippen LogP contribution in [0.25, 0.3) is 0 Å². The van der Waals surface area contributed by atoms with Crippen molar-refractivity contribution >= 4 is 23.5 Å². The molecule has 0 fully saturated rings. The molecule has 1 heterocycles. The van der Waals surface area contributed by atoms with Gasteiger partial charge in [0, 0.05) is 30.7 Å². The van der Waals surface area contributed by atoms with Crippen LogP contribution in [0.15, 0.2) is 36.7 Å². The Morgan fingerprint density at radius 3 is 2.42 bits per heavy atom. The zero-order chi connectivity index (χ0) is 17.4. The van der Waals surface area contributed by atoms with Gasteiger partial charge in [-0.25, -0.2) is 18.7 Å². The van der Waals surface area contributed by atoms with Crippen molar-refractivity contribution in [2.24, 2.45) is 0 Å². The molecular weight excluding hydrogens is 322 g/mol. The average molecular weight is 336 g/mol. The molecule has 126 valence electrons. The van der Waals surface area contributed by atoms with Gasteiger partial charge in [0.2, 0.25) is 5.95 Å². The molecule has 0 radical (unpaired) electrons. The minimum Gasteiger partial charge on any atom is -0.456 e. The molecule has 1 aromatic heterocycles.